The Morgan fingerprint density at radius 2 is 1.68 bits per heavy atom. The highest BCUT2D eigenvalue weighted by Gasteiger charge is 2.24. The van der Waals surface area contributed by atoms with Gasteiger partial charge in [-0.15, -0.1) is 0 Å². The van der Waals surface area contributed by atoms with Crippen LogP contribution < -0.4 is 21.5 Å². The molecule has 2 atom stereocenters. The van der Waals surface area contributed by atoms with Crippen molar-refractivity contribution in [3.63, 3.8) is 0 Å². The Bertz CT molecular complexity index is 1020. The van der Waals surface area contributed by atoms with Crippen molar-refractivity contribution in [3.8, 4) is 0 Å². The molecule has 144 valence electrons. The average molecular weight is 377 g/mol. The Kier molecular flexibility index (Phi) is 5.23. The topological polar surface area (TPSA) is 98.9 Å². The maximum atomic E-state index is 12.3. The normalized spacial score (nSPS) is 19.1. The molecule has 4 rings (SSSR count). The number of aromatic amines is 1. The van der Waals surface area contributed by atoms with Crippen LogP contribution in [0.5, 0.6) is 0 Å². The molecular weight excluding hydrogens is 354 g/mol. The van der Waals surface area contributed by atoms with Crippen molar-refractivity contribution in [2.75, 3.05) is 10.6 Å². The molecule has 1 heterocycles. The lowest BCUT2D eigenvalue weighted by Gasteiger charge is -2.30. The van der Waals surface area contributed by atoms with E-state index in [0.29, 0.717) is 11.2 Å². The summed E-state index contributed by atoms with van der Waals surface area (Å²) in [4.78, 5) is 24.2. The number of fused-ring (bicyclic) bond motifs is 1. The second-order valence-electron chi connectivity index (χ2n) is 7.12. The highest BCUT2D eigenvalue weighted by molar-refractivity contribution is 5.91. The molecule has 3 aromatic rings. The highest BCUT2D eigenvalue weighted by Crippen LogP contribution is 2.24. The molecule has 28 heavy (non-hydrogen) atoms. The fourth-order valence-corrected chi connectivity index (χ4v) is 3.74. The van der Waals surface area contributed by atoms with Gasteiger partial charge in [-0.25, -0.2) is 9.89 Å². The van der Waals surface area contributed by atoms with Crippen LogP contribution in [0.3, 0.4) is 0 Å². The Labute approximate surface area is 162 Å². The van der Waals surface area contributed by atoms with E-state index >= 15 is 0 Å². The molecule has 1 aliphatic rings. The zero-order valence-electron chi connectivity index (χ0n) is 15.4. The summed E-state index contributed by atoms with van der Waals surface area (Å²) in [6, 6.07) is 16.9. The van der Waals surface area contributed by atoms with Gasteiger partial charge in [0.2, 0.25) is 0 Å². The number of rotatable bonds is 4. The van der Waals surface area contributed by atoms with Crippen molar-refractivity contribution in [3.05, 3.63) is 65.0 Å². The molecule has 0 saturated heterocycles. The number of carbonyl (C=O) groups excluding carboxylic acids is 1. The number of benzene rings is 2. The first-order valence-corrected chi connectivity index (χ1v) is 9.55. The van der Waals surface area contributed by atoms with Gasteiger partial charge in [0, 0.05) is 23.2 Å². The number of carbonyl (C=O) groups is 1. The predicted octanol–water partition coefficient (Wildman–Crippen LogP) is 3.47. The lowest BCUT2D eigenvalue weighted by molar-refractivity contribution is 0.243. The number of urea groups is 1. The molecule has 7 nitrogen and oxygen atoms in total. The van der Waals surface area contributed by atoms with E-state index in [9.17, 15) is 9.59 Å². The lowest BCUT2D eigenvalue weighted by atomic mass is 9.91. The monoisotopic (exact) mass is 377 g/mol. The third kappa shape index (κ3) is 4.14. The van der Waals surface area contributed by atoms with Crippen molar-refractivity contribution in [1.82, 2.24) is 15.5 Å². The number of hydrogen-bond acceptors (Lipinski definition) is 4. The van der Waals surface area contributed by atoms with Gasteiger partial charge < -0.3 is 16.0 Å². The number of H-pyrrole nitrogens is 1. The molecule has 7 heteroatoms. The summed E-state index contributed by atoms with van der Waals surface area (Å²) in [5, 5.41) is 17.5. The molecule has 0 radical (unpaired) electrons. The minimum atomic E-state index is -0.193. The van der Waals surface area contributed by atoms with Gasteiger partial charge in [-0.2, -0.15) is 5.10 Å². The second kappa shape index (κ2) is 8.12. The molecule has 1 fully saturated rings. The van der Waals surface area contributed by atoms with E-state index in [2.05, 4.69) is 26.1 Å². The van der Waals surface area contributed by atoms with Crippen LogP contribution in [0.1, 0.15) is 25.7 Å². The van der Waals surface area contributed by atoms with Gasteiger partial charge in [-0.1, -0.05) is 36.4 Å². The van der Waals surface area contributed by atoms with Gasteiger partial charge in [0.15, 0.2) is 5.82 Å². The van der Waals surface area contributed by atoms with Crippen LogP contribution in [0.15, 0.2) is 59.4 Å². The van der Waals surface area contributed by atoms with E-state index in [1.807, 2.05) is 48.5 Å². The fourth-order valence-electron chi connectivity index (χ4n) is 3.74. The predicted molar refractivity (Wildman–Crippen MR) is 111 cm³/mol. The first-order valence-electron chi connectivity index (χ1n) is 9.55. The molecule has 1 saturated carbocycles. The van der Waals surface area contributed by atoms with E-state index in [-0.39, 0.29) is 23.7 Å². The summed E-state index contributed by atoms with van der Waals surface area (Å²) >= 11 is 0. The maximum absolute atomic E-state index is 12.3. The number of para-hydroxylation sites is 1. The minimum Gasteiger partial charge on any atom is -0.365 e. The molecule has 1 aliphatic carbocycles. The van der Waals surface area contributed by atoms with E-state index in [1.165, 1.54) is 0 Å². The van der Waals surface area contributed by atoms with Crippen LogP contribution in [0.2, 0.25) is 0 Å². The van der Waals surface area contributed by atoms with Gasteiger partial charge in [0.05, 0.1) is 5.39 Å². The summed E-state index contributed by atoms with van der Waals surface area (Å²) < 4.78 is 0. The van der Waals surface area contributed by atoms with Crippen LogP contribution in [-0.2, 0) is 0 Å². The largest absolute Gasteiger partial charge is 0.365 e. The summed E-state index contributed by atoms with van der Waals surface area (Å²) in [5.41, 5.74) is 0.580. The number of amides is 2. The van der Waals surface area contributed by atoms with Crippen LogP contribution in [0.25, 0.3) is 10.8 Å². The molecule has 4 N–H and O–H groups in total. The number of nitrogens with one attached hydrogen (secondary N) is 4. The molecular formula is C21H23N5O2. The van der Waals surface area contributed by atoms with Gasteiger partial charge in [0.25, 0.3) is 5.56 Å². The summed E-state index contributed by atoms with van der Waals surface area (Å²) in [7, 11) is 0. The van der Waals surface area contributed by atoms with Crippen LogP contribution in [0, 0.1) is 0 Å². The van der Waals surface area contributed by atoms with Crippen molar-refractivity contribution in [2.24, 2.45) is 0 Å². The number of hydrogen-bond donors (Lipinski definition) is 4. The van der Waals surface area contributed by atoms with Gasteiger partial charge >= 0.3 is 6.03 Å². The van der Waals surface area contributed by atoms with Crippen molar-refractivity contribution >= 4 is 28.3 Å². The fraction of sp³-hybridized carbons (Fsp3) is 0.286. The second-order valence-corrected chi connectivity index (χ2v) is 7.12. The third-order valence-electron chi connectivity index (χ3n) is 5.08. The number of anilines is 2. The molecule has 2 unspecified atom stereocenters. The summed E-state index contributed by atoms with van der Waals surface area (Å²) in [5.74, 6) is 0.676. The first kappa shape index (κ1) is 18.0. The zero-order chi connectivity index (χ0) is 19.3. The first-order chi connectivity index (χ1) is 13.7. The maximum Gasteiger partial charge on any atom is 0.319 e. The van der Waals surface area contributed by atoms with Crippen molar-refractivity contribution < 1.29 is 4.79 Å². The lowest BCUT2D eigenvalue weighted by Crippen LogP contribution is -2.43. The molecule has 0 aliphatic heterocycles. The molecule has 0 bridgehead atoms. The molecule has 0 spiro atoms. The van der Waals surface area contributed by atoms with E-state index in [4.69, 9.17) is 0 Å². The highest BCUT2D eigenvalue weighted by atomic mass is 16.2. The quantitative estimate of drug-likeness (QED) is 0.559. The summed E-state index contributed by atoms with van der Waals surface area (Å²) in [6.45, 7) is 0. The van der Waals surface area contributed by atoms with E-state index in [0.717, 1.165) is 36.8 Å². The van der Waals surface area contributed by atoms with Crippen LogP contribution in [-0.4, -0.2) is 28.3 Å². The Morgan fingerprint density at radius 3 is 2.50 bits per heavy atom. The SMILES string of the molecule is O=C(Nc1ccccc1)NC1CCCC(Nc2n[nH]c(=O)c3ccccc23)C1. The molecule has 2 aromatic carbocycles. The zero-order valence-corrected chi connectivity index (χ0v) is 15.4. The van der Waals surface area contributed by atoms with Gasteiger partial charge in [0.1, 0.15) is 0 Å². The Balaban J connectivity index is 1.40. The Morgan fingerprint density at radius 1 is 0.964 bits per heavy atom. The van der Waals surface area contributed by atoms with Crippen molar-refractivity contribution in [2.45, 2.75) is 37.8 Å². The van der Waals surface area contributed by atoms with Gasteiger partial charge in [-0.3, -0.25) is 4.79 Å². The van der Waals surface area contributed by atoms with E-state index in [1.54, 1.807) is 6.07 Å². The Hall–Kier alpha value is -3.35. The number of nitrogens with zero attached hydrogens (tertiary/aromatic N) is 1. The van der Waals surface area contributed by atoms with Crippen LogP contribution >= 0.6 is 0 Å². The van der Waals surface area contributed by atoms with Gasteiger partial charge in [-0.05, 0) is 43.9 Å². The molecule has 1 aromatic heterocycles. The van der Waals surface area contributed by atoms with Crippen LogP contribution in [0.4, 0.5) is 16.3 Å². The number of aromatic nitrogens is 2. The van der Waals surface area contributed by atoms with E-state index < -0.39 is 0 Å². The average Bonchev–Trinajstić information content (AvgIpc) is 2.71. The standard InChI is InChI=1S/C21H23N5O2/c27-20-18-12-5-4-11-17(18)19(25-26-20)22-15-9-6-10-16(13-15)24-21(28)23-14-7-2-1-3-8-14/h1-5,7-8,11-12,15-16H,6,9-10,13H2,(H,22,25)(H,26,27)(H2,23,24,28). The smallest absolute Gasteiger partial charge is 0.319 e. The van der Waals surface area contributed by atoms with Crippen molar-refractivity contribution in [1.29, 1.82) is 0 Å². The third-order valence-corrected chi connectivity index (χ3v) is 5.08. The summed E-state index contributed by atoms with van der Waals surface area (Å²) in [6.07, 6.45) is 3.75. The minimum absolute atomic E-state index is 0.0870. The molecule has 2 amide bonds.